The van der Waals surface area contributed by atoms with E-state index < -0.39 is 0 Å². The van der Waals surface area contributed by atoms with Gasteiger partial charge in [0.05, 0.1) is 6.54 Å². The maximum Gasteiger partial charge on any atom is 0.228 e. The van der Waals surface area contributed by atoms with E-state index in [1.165, 1.54) is 0 Å². The Balaban J connectivity index is 2.27. The zero-order chi connectivity index (χ0) is 16.1. The Morgan fingerprint density at radius 3 is 2.73 bits per heavy atom. The topological polar surface area (TPSA) is 66.3 Å². The van der Waals surface area contributed by atoms with Crippen LogP contribution in [0.2, 0.25) is 5.02 Å². The fourth-order valence-electron chi connectivity index (χ4n) is 2.03. The maximum atomic E-state index is 6.17. The van der Waals surface area contributed by atoms with Gasteiger partial charge in [0.15, 0.2) is 0 Å². The molecule has 1 aliphatic heterocycles. The molecule has 1 aromatic rings. The summed E-state index contributed by atoms with van der Waals surface area (Å²) in [7, 11) is 3.79. The van der Waals surface area contributed by atoms with Crippen molar-refractivity contribution in [1.29, 1.82) is 0 Å². The molecule has 118 valence electrons. The van der Waals surface area contributed by atoms with Crippen LogP contribution in [0.5, 0.6) is 0 Å². The highest BCUT2D eigenvalue weighted by atomic mass is 35.5. The fraction of sp³-hybridized carbons (Fsp3) is 0.438. The molecule has 0 amide bonds. The van der Waals surface area contributed by atoms with Crippen LogP contribution < -0.4 is 5.73 Å². The third-order valence-electron chi connectivity index (χ3n) is 3.55. The van der Waals surface area contributed by atoms with Crippen molar-refractivity contribution in [3.8, 4) is 0 Å². The van der Waals surface area contributed by atoms with Gasteiger partial charge in [-0.3, -0.25) is 4.99 Å². The Morgan fingerprint density at radius 2 is 2.05 bits per heavy atom. The van der Waals surface area contributed by atoms with Crippen molar-refractivity contribution in [2.75, 3.05) is 14.1 Å². The standard InChI is InChI=1S/C16H22ClN5/c1-11-8-9-14(20-16(22(2)3)21-15(11)18)19-10-12-6-4-5-7-13(12)17/h4-7,11H,8-10H2,1-3H3,(H2,18,19,20,21). The molecule has 5 nitrogen and oxygen atoms in total. The van der Waals surface area contributed by atoms with Crippen LogP contribution in [0.25, 0.3) is 0 Å². The molecule has 0 aromatic heterocycles. The van der Waals surface area contributed by atoms with Crippen LogP contribution in [0.1, 0.15) is 25.3 Å². The van der Waals surface area contributed by atoms with Crippen molar-refractivity contribution in [2.45, 2.75) is 26.3 Å². The van der Waals surface area contributed by atoms with Gasteiger partial charge in [-0.25, -0.2) is 4.99 Å². The van der Waals surface area contributed by atoms with Crippen LogP contribution in [0, 0.1) is 5.92 Å². The predicted molar refractivity (Wildman–Crippen MR) is 93.7 cm³/mol. The van der Waals surface area contributed by atoms with Gasteiger partial charge < -0.3 is 10.6 Å². The highest BCUT2D eigenvalue weighted by Crippen LogP contribution is 2.17. The van der Waals surface area contributed by atoms with E-state index in [9.17, 15) is 0 Å². The van der Waals surface area contributed by atoms with Crippen molar-refractivity contribution >= 4 is 29.2 Å². The van der Waals surface area contributed by atoms with Crippen molar-refractivity contribution in [2.24, 2.45) is 26.6 Å². The van der Waals surface area contributed by atoms with E-state index >= 15 is 0 Å². The lowest BCUT2D eigenvalue weighted by molar-refractivity contribution is 0.609. The molecule has 1 atom stereocenters. The van der Waals surface area contributed by atoms with Gasteiger partial charge in [0.25, 0.3) is 0 Å². The summed E-state index contributed by atoms with van der Waals surface area (Å²) in [4.78, 5) is 15.4. The number of halogens is 1. The van der Waals surface area contributed by atoms with Crippen LogP contribution >= 0.6 is 11.6 Å². The first-order chi connectivity index (χ1) is 10.5. The fourth-order valence-corrected chi connectivity index (χ4v) is 2.23. The molecule has 1 aromatic carbocycles. The number of rotatable bonds is 2. The molecule has 2 N–H and O–H groups in total. The van der Waals surface area contributed by atoms with E-state index in [1.54, 1.807) is 0 Å². The molecular weight excluding hydrogens is 298 g/mol. The largest absolute Gasteiger partial charge is 0.387 e. The van der Waals surface area contributed by atoms with Gasteiger partial charge >= 0.3 is 0 Å². The summed E-state index contributed by atoms with van der Waals surface area (Å²) in [5.74, 6) is 2.21. The van der Waals surface area contributed by atoms with Gasteiger partial charge in [-0.1, -0.05) is 36.7 Å². The number of amidine groups is 2. The van der Waals surface area contributed by atoms with Crippen molar-refractivity contribution in [3.05, 3.63) is 34.9 Å². The normalized spacial score (nSPS) is 20.9. The molecule has 22 heavy (non-hydrogen) atoms. The minimum Gasteiger partial charge on any atom is -0.387 e. The first-order valence-corrected chi connectivity index (χ1v) is 7.72. The van der Waals surface area contributed by atoms with Crippen LogP contribution in [0.15, 0.2) is 39.2 Å². The summed E-state index contributed by atoms with van der Waals surface area (Å²) in [6.07, 6.45) is 1.67. The maximum absolute atomic E-state index is 6.17. The molecule has 0 bridgehead atoms. The molecule has 0 saturated carbocycles. The first-order valence-electron chi connectivity index (χ1n) is 7.34. The lowest BCUT2D eigenvalue weighted by Crippen LogP contribution is -2.30. The second-order valence-corrected chi connectivity index (χ2v) is 6.01. The summed E-state index contributed by atoms with van der Waals surface area (Å²) in [6.45, 7) is 2.59. The van der Waals surface area contributed by atoms with Crippen LogP contribution in [-0.2, 0) is 6.54 Å². The van der Waals surface area contributed by atoms with Gasteiger partial charge in [-0.15, -0.1) is 0 Å². The van der Waals surface area contributed by atoms with Gasteiger partial charge in [-0.05, 0) is 18.1 Å². The minimum atomic E-state index is 0.218. The Labute approximate surface area is 136 Å². The molecule has 1 aliphatic rings. The third kappa shape index (κ3) is 4.31. The number of hydrogen-bond donors (Lipinski definition) is 1. The van der Waals surface area contributed by atoms with Crippen molar-refractivity contribution in [1.82, 2.24) is 4.90 Å². The van der Waals surface area contributed by atoms with E-state index in [0.717, 1.165) is 29.3 Å². The second-order valence-electron chi connectivity index (χ2n) is 5.61. The molecule has 0 spiro atoms. The molecule has 0 saturated heterocycles. The highest BCUT2D eigenvalue weighted by molar-refractivity contribution is 6.31. The van der Waals surface area contributed by atoms with Gasteiger partial charge in [0.2, 0.25) is 5.96 Å². The Hall–Kier alpha value is -1.88. The molecule has 6 heteroatoms. The lowest BCUT2D eigenvalue weighted by atomic mass is 10.0. The number of benzene rings is 1. The average Bonchev–Trinajstić information content (AvgIpc) is 2.48. The first kappa shape index (κ1) is 16.5. The number of aliphatic imine (C=N–C) groups is 3. The SMILES string of the molecule is CC1CCC(=NCc2ccccc2Cl)N=C(N(C)C)N=C1N. The zero-order valence-corrected chi connectivity index (χ0v) is 14.0. The summed E-state index contributed by atoms with van der Waals surface area (Å²) in [5.41, 5.74) is 6.99. The third-order valence-corrected chi connectivity index (χ3v) is 3.92. The van der Waals surface area contributed by atoms with Crippen LogP contribution in [-0.4, -0.2) is 36.6 Å². The second kappa shape index (κ2) is 7.40. The monoisotopic (exact) mass is 319 g/mol. The summed E-state index contributed by atoms with van der Waals surface area (Å²) >= 11 is 6.17. The van der Waals surface area contributed by atoms with E-state index in [-0.39, 0.29) is 5.92 Å². The average molecular weight is 320 g/mol. The molecule has 2 rings (SSSR count). The van der Waals surface area contributed by atoms with Gasteiger partial charge in [0, 0.05) is 31.5 Å². The van der Waals surface area contributed by atoms with Crippen molar-refractivity contribution < 1.29 is 0 Å². The van der Waals surface area contributed by atoms with Gasteiger partial charge in [-0.2, -0.15) is 4.99 Å². The highest BCUT2D eigenvalue weighted by Gasteiger charge is 2.15. The molecule has 0 radical (unpaired) electrons. The molecule has 1 unspecified atom stereocenters. The molecular formula is C16H22ClN5. The van der Waals surface area contributed by atoms with E-state index in [0.29, 0.717) is 18.3 Å². The van der Waals surface area contributed by atoms with E-state index in [2.05, 4.69) is 21.9 Å². The Morgan fingerprint density at radius 1 is 1.32 bits per heavy atom. The number of nitrogens with zero attached hydrogens (tertiary/aromatic N) is 4. The number of hydrogen-bond acceptors (Lipinski definition) is 4. The Bertz CT molecular complexity index is 619. The molecule has 0 aliphatic carbocycles. The van der Waals surface area contributed by atoms with E-state index in [4.69, 9.17) is 17.3 Å². The van der Waals surface area contributed by atoms with E-state index in [1.807, 2.05) is 43.3 Å². The smallest absolute Gasteiger partial charge is 0.228 e. The summed E-state index contributed by atoms with van der Waals surface area (Å²) < 4.78 is 0. The number of guanidine groups is 1. The van der Waals surface area contributed by atoms with Crippen molar-refractivity contribution in [3.63, 3.8) is 0 Å². The van der Waals surface area contributed by atoms with Crippen LogP contribution in [0.4, 0.5) is 0 Å². The summed E-state index contributed by atoms with van der Waals surface area (Å²) in [6, 6.07) is 7.72. The Kier molecular flexibility index (Phi) is 5.55. The summed E-state index contributed by atoms with van der Waals surface area (Å²) in [5, 5.41) is 0.727. The quantitative estimate of drug-likeness (QED) is 0.910. The van der Waals surface area contributed by atoms with Crippen LogP contribution in [0.3, 0.4) is 0 Å². The lowest BCUT2D eigenvalue weighted by Gasteiger charge is -2.18. The zero-order valence-electron chi connectivity index (χ0n) is 13.3. The predicted octanol–water partition coefficient (Wildman–Crippen LogP) is 2.94. The molecule has 1 heterocycles. The van der Waals surface area contributed by atoms with Gasteiger partial charge in [0.1, 0.15) is 11.7 Å². The molecule has 0 fully saturated rings. The minimum absolute atomic E-state index is 0.218. The number of nitrogens with two attached hydrogens (primary N) is 1.